The maximum Gasteiger partial charge on any atom is 0.246 e. The number of carbonyl (C=O) groups excluding carboxylic acids is 1. The van der Waals surface area contributed by atoms with E-state index in [-0.39, 0.29) is 5.91 Å². The number of aromatic nitrogens is 2. The minimum atomic E-state index is 0.0491. The van der Waals surface area contributed by atoms with Crippen molar-refractivity contribution in [2.24, 2.45) is 0 Å². The summed E-state index contributed by atoms with van der Waals surface area (Å²) in [7, 11) is 1.77. The normalized spacial score (nSPS) is 11.0. The molecule has 0 N–H and O–H groups in total. The minimum absolute atomic E-state index is 0.0491. The van der Waals surface area contributed by atoms with E-state index < -0.39 is 0 Å². The first-order valence-electron chi connectivity index (χ1n) is 9.70. The fraction of sp³-hybridized carbons (Fsp3) is 0.208. The zero-order chi connectivity index (χ0) is 20.2. The minimum Gasteiger partial charge on any atom is -0.337 e. The molecule has 0 spiro atoms. The lowest BCUT2D eigenvalue weighted by Gasteiger charge is -2.15. The molecule has 1 amide bonds. The van der Waals surface area contributed by atoms with Crippen LogP contribution in [0.15, 0.2) is 71.3 Å². The standard InChI is InChI=1S/C24H23N3O2/c1-17-10-12-20(13-11-17)24-25-22(29-26-24)16-27(2)23(28)15-14-19-8-5-7-18-6-3-4-9-21(18)19/h3-13H,14-16H2,1-2H3. The van der Waals surface area contributed by atoms with E-state index in [1.165, 1.54) is 21.9 Å². The molecular weight excluding hydrogens is 362 g/mol. The van der Waals surface area contributed by atoms with Crippen molar-refractivity contribution in [2.45, 2.75) is 26.3 Å². The van der Waals surface area contributed by atoms with Crippen LogP contribution in [-0.2, 0) is 17.8 Å². The third kappa shape index (κ3) is 4.35. The quantitative estimate of drug-likeness (QED) is 0.479. The molecule has 4 rings (SSSR count). The molecule has 4 aromatic rings. The van der Waals surface area contributed by atoms with Gasteiger partial charge in [-0.05, 0) is 29.7 Å². The van der Waals surface area contributed by atoms with Gasteiger partial charge < -0.3 is 9.42 Å². The Morgan fingerprint density at radius 1 is 1.00 bits per heavy atom. The molecule has 5 nitrogen and oxygen atoms in total. The average molecular weight is 385 g/mol. The second kappa shape index (κ2) is 8.27. The lowest BCUT2D eigenvalue weighted by molar-refractivity contribution is -0.130. The summed E-state index contributed by atoms with van der Waals surface area (Å²) in [6.07, 6.45) is 1.13. The number of fused-ring (bicyclic) bond motifs is 1. The van der Waals surface area contributed by atoms with Crippen LogP contribution in [0.4, 0.5) is 0 Å². The second-order valence-corrected chi connectivity index (χ2v) is 7.27. The van der Waals surface area contributed by atoms with Gasteiger partial charge in [-0.2, -0.15) is 4.98 Å². The molecule has 0 aliphatic heterocycles. The van der Waals surface area contributed by atoms with Gasteiger partial charge in [-0.1, -0.05) is 77.5 Å². The molecule has 0 atom stereocenters. The Bertz CT molecular complexity index is 1130. The molecule has 3 aromatic carbocycles. The van der Waals surface area contributed by atoms with E-state index in [0.29, 0.717) is 31.1 Å². The summed E-state index contributed by atoms with van der Waals surface area (Å²) in [4.78, 5) is 18.7. The van der Waals surface area contributed by atoms with Crippen LogP contribution < -0.4 is 0 Å². The van der Waals surface area contributed by atoms with Crippen molar-refractivity contribution < 1.29 is 9.32 Å². The highest BCUT2D eigenvalue weighted by molar-refractivity contribution is 5.86. The Kier molecular flexibility index (Phi) is 5.38. The van der Waals surface area contributed by atoms with Gasteiger partial charge in [0.15, 0.2) is 0 Å². The van der Waals surface area contributed by atoms with Gasteiger partial charge in [-0.3, -0.25) is 4.79 Å². The SMILES string of the molecule is Cc1ccc(-c2noc(CN(C)C(=O)CCc3cccc4ccccc34)n2)cc1. The molecule has 146 valence electrons. The van der Waals surface area contributed by atoms with E-state index in [2.05, 4.69) is 34.4 Å². The Hall–Kier alpha value is -3.47. The monoisotopic (exact) mass is 385 g/mol. The lowest BCUT2D eigenvalue weighted by atomic mass is 10.0. The summed E-state index contributed by atoms with van der Waals surface area (Å²) in [5.74, 6) is 1.02. The zero-order valence-corrected chi connectivity index (χ0v) is 16.6. The fourth-order valence-corrected chi connectivity index (χ4v) is 3.37. The fourth-order valence-electron chi connectivity index (χ4n) is 3.37. The van der Waals surface area contributed by atoms with Crippen molar-refractivity contribution in [3.05, 3.63) is 83.7 Å². The van der Waals surface area contributed by atoms with Gasteiger partial charge in [0.25, 0.3) is 0 Å². The van der Waals surface area contributed by atoms with Crippen molar-refractivity contribution >= 4 is 16.7 Å². The van der Waals surface area contributed by atoms with Crippen LogP contribution in [0.2, 0.25) is 0 Å². The number of aryl methyl sites for hydroxylation is 2. The lowest BCUT2D eigenvalue weighted by Crippen LogP contribution is -2.26. The van der Waals surface area contributed by atoms with Crippen LogP contribution in [0.1, 0.15) is 23.4 Å². The van der Waals surface area contributed by atoms with Crippen molar-refractivity contribution in [1.29, 1.82) is 0 Å². The van der Waals surface area contributed by atoms with Gasteiger partial charge in [-0.25, -0.2) is 0 Å². The maximum absolute atomic E-state index is 12.6. The molecule has 1 aromatic heterocycles. The van der Waals surface area contributed by atoms with Gasteiger partial charge in [0.1, 0.15) is 0 Å². The predicted molar refractivity (Wildman–Crippen MR) is 113 cm³/mol. The maximum atomic E-state index is 12.6. The first kappa shape index (κ1) is 18.9. The van der Waals surface area contributed by atoms with Crippen molar-refractivity contribution in [2.75, 3.05) is 7.05 Å². The summed E-state index contributed by atoms with van der Waals surface area (Å²) in [5, 5.41) is 6.43. The second-order valence-electron chi connectivity index (χ2n) is 7.27. The molecule has 5 heteroatoms. The number of nitrogens with zero attached hydrogens (tertiary/aromatic N) is 3. The highest BCUT2D eigenvalue weighted by atomic mass is 16.5. The van der Waals surface area contributed by atoms with Crippen molar-refractivity contribution in [3.8, 4) is 11.4 Å². The molecule has 0 bridgehead atoms. The highest BCUT2D eigenvalue weighted by Crippen LogP contribution is 2.20. The largest absolute Gasteiger partial charge is 0.337 e. The third-order valence-electron chi connectivity index (χ3n) is 5.06. The molecule has 0 saturated heterocycles. The Balaban J connectivity index is 1.38. The third-order valence-corrected chi connectivity index (χ3v) is 5.06. The van der Waals surface area contributed by atoms with Crippen LogP contribution in [0.3, 0.4) is 0 Å². The molecule has 0 aliphatic rings. The van der Waals surface area contributed by atoms with E-state index in [1.807, 2.05) is 49.4 Å². The number of hydrogen-bond acceptors (Lipinski definition) is 4. The Labute approximate surface area is 170 Å². The van der Waals surface area contributed by atoms with E-state index in [1.54, 1.807) is 11.9 Å². The van der Waals surface area contributed by atoms with Crippen molar-refractivity contribution in [1.82, 2.24) is 15.0 Å². The summed E-state index contributed by atoms with van der Waals surface area (Å²) < 4.78 is 5.34. The predicted octanol–water partition coefficient (Wildman–Crippen LogP) is 4.79. The number of amides is 1. The van der Waals surface area contributed by atoms with Gasteiger partial charge in [-0.15, -0.1) is 0 Å². The van der Waals surface area contributed by atoms with Crippen LogP contribution in [0, 0.1) is 6.92 Å². The Morgan fingerprint density at radius 2 is 1.76 bits per heavy atom. The summed E-state index contributed by atoms with van der Waals surface area (Å²) >= 11 is 0. The number of benzene rings is 3. The molecule has 0 aliphatic carbocycles. The highest BCUT2D eigenvalue weighted by Gasteiger charge is 2.15. The van der Waals surface area contributed by atoms with Gasteiger partial charge in [0.05, 0.1) is 6.54 Å². The summed E-state index contributed by atoms with van der Waals surface area (Å²) in [6.45, 7) is 2.33. The first-order chi connectivity index (χ1) is 14.1. The molecule has 0 radical (unpaired) electrons. The number of hydrogen-bond donors (Lipinski definition) is 0. The van der Waals surface area contributed by atoms with Crippen LogP contribution in [-0.4, -0.2) is 28.0 Å². The Morgan fingerprint density at radius 3 is 2.59 bits per heavy atom. The molecular formula is C24H23N3O2. The van der Waals surface area contributed by atoms with Crippen LogP contribution >= 0.6 is 0 Å². The van der Waals surface area contributed by atoms with Crippen LogP contribution in [0.25, 0.3) is 22.2 Å². The molecule has 0 fully saturated rings. The molecule has 0 unspecified atom stereocenters. The van der Waals surface area contributed by atoms with Crippen LogP contribution in [0.5, 0.6) is 0 Å². The topological polar surface area (TPSA) is 59.2 Å². The van der Waals surface area contributed by atoms with E-state index >= 15 is 0 Å². The van der Waals surface area contributed by atoms with Crippen molar-refractivity contribution in [3.63, 3.8) is 0 Å². The molecule has 0 saturated carbocycles. The zero-order valence-electron chi connectivity index (χ0n) is 16.6. The van der Waals surface area contributed by atoms with Gasteiger partial charge in [0, 0.05) is 19.0 Å². The van der Waals surface area contributed by atoms with Gasteiger partial charge >= 0.3 is 0 Å². The number of rotatable bonds is 6. The molecule has 1 heterocycles. The van der Waals surface area contributed by atoms with E-state index in [0.717, 1.165) is 5.56 Å². The first-order valence-corrected chi connectivity index (χ1v) is 9.70. The van der Waals surface area contributed by atoms with E-state index in [9.17, 15) is 4.79 Å². The summed E-state index contributed by atoms with van der Waals surface area (Å²) in [5.41, 5.74) is 3.26. The molecule has 29 heavy (non-hydrogen) atoms. The smallest absolute Gasteiger partial charge is 0.246 e. The average Bonchev–Trinajstić information content (AvgIpc) is 3.20. The number of carbonyl (C=O) groups is 1. The summed E-state index contributed by atoms with van der Waals surface area (Å²) in [6, 6.07) is 22.4. The van der Waals surface area contributed by atoms with E-state index in [4.69, 9.17) is 4.52 Å². The van der Waals surface area contributed by atoms with Gasteiger partial charge in [0.2, 0.25) is 17.6 Å².